The van der Waals surface area contributed by atoms with Crippen LogP contribution >= 0.6 is 11.6 Å². The lowest BCUT2D eigenvalue weighted by Crippen LogP contribution is -2.23. The molecule has 3 rings (SSSR count). The topological polar surface area (TPSA) is 64.6 Å². The van der Waals surface area contributed by atoms with Crippen LogP contribution in [0.15, 0.2) is 12.1 Å². The molecule has 0 radical (unpaired) electrons. The van der Waals surface area contributed by atoms with Gasteiger partial charge in [-0.15, -0.1) is 0 Å². The maximum Gasteiger partial charge on any atom is 0.179 e. The molecule has 1 saturated heterocycles. The molecule has 0 spiro atoms. The van der Waals surface area contributed by atoms with E-state index in [1.807, 2.05) is 12.1 Å². The molecule has 7 heteroatoms. The van der Waals surface area contributed by atoms with Gasteiger partial charge in [0.15, 0.2) is 21.3 Å². The SMILES string of the molecule is O=S1(=O)CCC(CNCc2cc(Cl)c3c(c2)OCCCO3)C1. The van der Waals surface area contributed by atoms with Crippen LogP contribution in [0.4, 0.5) is 0 Å². The van der Waals surface area contributed by atoms with Gasteiger partial charge in [-0.1, -0.05) is 11.6 Å². The fourth-order valence-corrected chi connectivity index (χ4v) is 4.99. The second kappa shape index (κ2) is 6.64. The van der Waals surface area contributed by atoms with Crippen molar-refractivity contribution in [3.8, 4) is 11.5 Å². The highest BCUT2D eigenvalue weighted by atomic mass is 35.5. The van der Waals surface area contributed by atoms with Crippen molar-refractivity contribution in [2.24, 2.45) is 5.92 Å². The van der Waals surface area contributed by atoms with E-state index in [-0.39, 0.29) is 5.92 Å². The maximum absolute atomic E-state index is 11.4. The number of ether oxygens (including phenoxy) is 2. The number of benzene rings is 1. The van der Waals surface area contributed by atoms with Crippen LogP contribution in [0.5, 0.6) is 11.5 Å². The molecule has 0 aromatic heterocycles. The molecule has 1 N–H and O–H groups in total. The molecule has 0 aliphatic carbocycles. The van der Waals surface area contributed by atoms with Crippen molar-refractivity contribution in [1.82, 2.24) is 5.32 Å². The Hall–Kier alpha value is -0.980. The van der Waals surface area contributed by atoms with Crippen LogP contribution in [0.2, 0.25) is 5.02 Å². The first-order valence-electron chi connectivity index (χ1n) is 7.53. The van der Waals surface area contributed by atoms with Crippen molar-refractivity contribution in [1.29, 1.82) is 0 Å². The summed E-state index contributed by atoms with van der Waals surface area (Å²) in [6.45, 7) is 2.57. The second-order valence-electron chi connectivity index (χ2n) is 5.86. The lowest BCUT2D eigenvalue weighted by molar-refractivity contribution is 0.297. The van der Waals surface area contributed by atoms with E-state index < -0.39 is 9.84 Å². The molecule has 2 aliphatic heterocycles. The van der Waals surface area contributed by atoms with Gasteiger partial charge in [-0.25, -0.2) is 8.42 Å². The first-order valence-corrected chi connectivity index (χ1v) is 9.72. The summed E-state index contributed by atoms with van der Waals surface area (Å²) in [5.74, 6) is 2.12. The van der Waals surface area contributed by atoms with Gasteiger partial charge in [-0.2, -0.15) is 0 Å². The number of sulfone groups is 1. The van der Waals surface area contributed by atoms with E-state index in [9.17, 15) is 8.42 Å². The molecule has 1 aromatic rings. The van der Waals surface area contributed by atoms with Gasteiger partial charge in [-0.3, -0.25) is 0 Å². The number of hydrogen-bond acceptors (Lipinski definition) is 5. The first-order chi connectivity index (χ1) is 10.5. The minimum Gasteiger partial charge on any atom is -0.489 e. The molecular formula is C15H20ClNO4S. The van der Waals surface area contributed by atoms with E-state index in [1.165, 1.54) is 0 Å². The van der Waals surface area contributed by atoms with Gasteiger partial charge < -0.3 is 14.8 Å². The first kappa shape index (κ1) is 15.9. The summed E-state index contributed by atoms with van der Waals surface area (Å²) in [6, 6.07) is 3.80. The molecule has 5 nitrogen and oxygen atoms in total. The highest BCUT2D eigenvalue weighted by molar-refractivity contribution is 7.91. The molecule has 2 aliphatic rings. The summed E-state index contributed by atoms with van der Waals surface area (Å²) in [4.78, 5) is 0. The van der Waals surface area contributed by atoms with Crippen LogP contribution in [0, 0.1) is 5.92 Å². The van der Waals surface area contributed by atoms with Gasteiger partial charge in [0, 0.05) is 13.0 Å². The van der Waals surface area contributed by atoms with Crippen molar-refractivity contribution in [2.45, 2.75) is 19.4 Å². The van der Waals surface area contributed by atoms with Crippen molar-refractivity contribution < 1.29 is 17.9 Å². The molecular weight excluding hydrogens is 326 g/mol. The fraction of sp³-hybridized carbons (Fsp3) is 0.600. The fourth-order valence-electron chi connectivity index (χ4n) is 2.84. The van der Waals surface area contributed by atoms with Crippen LogP contribution in [0.3, 0.4) is 0 Å². The Balaban J connectivity index is 1.59. The molecule has 1 aromatic carbocycles. The maximum atomic E-state index is 11.4. The van der Waals surface area contributed by atoms with Crippen LogP contribution in [-0.2, 0) is 16.4 Å². The van der Waals surface area contributed by atoms with Crippen molar-refractivity contribution in [3.05, 3.63) is 22.7 Å². The minimum atomic E-state index is -2.81. The molecule has 2 heterocycles. The van der Waals surface area contributed by atoms with E-state index in [4.69, 9.17) is 21.1 Å². The molecule has 0 amide bonds. The summed E-state index contributed by atoms with van der Waals surface area (Å²) in [6.07, 6.45) is 1.59. The predicted octanol–water partition coefficient (Wildman–Crippen LogP) is 2.03. The molecule has 1 atom stereocenters. The van der Waals surface area contributed by atoms with Crippen LogP contribution in [-0.4, -0.2) is 39.7 Å². The third-order valence-corrected chi connectivity index (χ3v) is 6.07. The van der Waals surface area contributed by atoms with Crippen molar-refractivity contribution >= 4 is 21.4 Å². The summed E-state index contributed by atoms with van der Waals surface area (Å²) in [5.41, 5.74) is 1.01. The van der Waals surface area contributed by atoms with Crippen LogP contribution in [0.1, 0.15) is 18.4 Å². The summed E-state index contributed by atoms with van der Waals surface area (Å²) in [7, 11) is -2.81. The zero-order valence-corrected chi connectivity index (χ0v) is 13.9. The highest BCUT2D eigenvalue weighted by Gasteiger charge is 2.27. The van der Waals surface area contributed by atoms with Gasteiger partial charge in [0.1, 0.15) is 0 Å². The number of halogens is 1. The van der Waals surface area contributed by atoms with Crippen LogP contribution < -0.4 is 14.8 Å². The van der Waals surface area contributed by atoms with E-state index in [0.717, 1.165) is 18.4 Å². The smallest absolute Gasteiger partial charge is 0.179 e. The lowest BCUT2D eigenvalue weighted by atomic mass is 10.1. The average molecular weight is 346 g/mol. The minimum absolute atomic E-state index is 0.209. The number of hydrogen-bond donors (Lipinski definition) is 1. The van der Waals surface area contributed by atoms with Gasteiger partial charge >= 0.3 is 0 Å². The largest absolute Gasteiger partial charge is 0.489 e. The number of fused-ring (bicyclic) bond motifs is 1. The monoisotopic (exact) mass is 345 g/mol. The quantitative estimate of drug-likeness (QED) is 0.904. The summed E-state index contributed by atoms with van der Waals surface area (Å²) in [5, 5.41) is 3.87. The lowest BCUT2D eigenvalue weighted by Gasteiger charge is -2.13. The Kier molecular flexibility index (Phi) is 4.80. The zero-order chi connectivity index (χ0) is 15.6. The molecule has 1 fully saturated rings. The number of nitrogens with one attached hydrogen (secondary N) is 1. The Morgan fingerprint density at radius 1 is 1.27 bits per heavy atom. The third-order valence-electron chi connectivity index (χ3n) is 3.95. The van der Waals surface area contributed by atoms with Crippen LogP contribution in [0.25, 0.3) is 0 Å². The molecule has 22 heavy (non-hydrogen) atoms. The van der Waals surface area contributed by atoms with E-state index >= 15 is 0 Å². The van der Waals surface area contributed by atoms with Gasteiger partial charge in [0.25, 0.3) is 0 Å². The van der Waals surface area contributed by atoms with Gasteiger partial charge in [0.05, 0.1) is 29.7 Å². The van der Waals surface area contributed by atoms with Crippen molar-refractivity contribution in [3.63, 3.8) is 0 Å². The van der Waals surface area contributed by atoms with E-state index in [0.29, 0.717) is 54.3 Å². The Bertz CT molecular complexity index is 647. The zero-order valence-electron chi connectivity index (χ0n) is 12.3. The van der Waals surface area contributed by atoms with E-state index in [2.05, 4.69) is 5.32 Å². The Labute approximate surface area is 135 Å². The Morgan fingerprint density at radius 3 is 2.86 bits per heavy atom. The van der Waals surface area contributed by atoms with E-state index in [1.54, 1.807) is 0 Å². The number of rotatable bonds is 4. The average Bonchev–Trinajstić information content (AvgIpc) is 2.67. The van der Waals surface area contributed by atoms with Gasteiger partial charge in [-0.05, 0) is 36.6 Å². The van der Waals surface area contributed by atoms with Crippen molar-refractivity contribution in [2.75, 3.05) is 31.3 Å². The highest BCUT2D eigenvalue weighted by Crippen LogP contribution is 2.37. The summed E-state index contributed by atoms with van der Waals surface area (Å²) >= 11 is 6.25. The molecule has 0 saturated carbocycles. The standard InChI is InChI=1S/C15H20ClNO4S/c16-13-6-12(7-14-15(13)21-4-1-3-20-14)9-17-8-11-2-5-22(18,19)10-11/h6-7,11,17H,1-5,8-10H2. The molecule has 122 valence electrons. The summed E-state index contributed by atoms with van der Waals surface area (Å²) < 4.78 is 34.1. The van der Waals surface area contributed by atoms with Gasteiger partial charge in [0.2, 0.25) is 0 Å². The molecule has 0 bridgehead atoms. The Morgan fingerprint density at radius 2 is 2.09 bits per heavy atom. The predicted molar refractivity (Wildman–Crippen MR) is 85.5 cm³/mol. The second-order valence-corrected chi connectivity index (χ2v) is 8.49. The molecule has 1 unspecified atom stereocenters. The third kappa shape index (κ3) is 3.86. The normalized spacial score (nSPS) is 23.2.